The number of hydrogen-bond donors (Lipinski definition) is 1. The Morgan fingerprint density at radius 1 is 1.40 bits per heavy atom. The van der Waals surface area contributed by atoms with Crippen LogP contribution in [0.25, 0.3) is 11.3 Å². The number of aryl methyl sites for hydroxylation is 1. The van der Waals surface area contributed by atoms with Crippen molar-refractivity contribution in [3.05, 3.63) is 40.4 Å². The van der Waals surface area contributed by atoms with E-state index in [4.69, 9.17) is 20.9 Å². The molecule has 0 unspecified atom stereocenters. The Hall–Kier alpha value is -2.41. The van der Waals surface area contributed by atoms with Crippen molar-refractivity contribution in [2.45, 2.75) is 26.7 Å². The Morgan fingerprint density at radius 3 is 2.84 bits per heavy atom. The number of carbonyl (C=O) groups is 2. The summed E-state index contributed by atoms with van der Waals surface area (Å²) < 4.78 is 24.0. The van der Waals surface area contributed by atoms with E-state index in [1.807, 2.05) is 0 Å². The zero-order valence-corrected chi connectivity index (χ0v) is 14.7. The molecule has 1 heterocycles. The molecule has 0 fully saturated rings. The molecule has 0 spiro atoms. The summed E-state index contributed by atoms with van der Waals surface area (Å²) in [6.45, 7) is 3.85. The van der Waals surface area contributed by atoms with Crippen LogP contribution in [0, 0.1) is 12.7 Å². The van der Waals surface area contributed by atoms with Gasteiger partial charge in [0.25, 0.3) is 5.91 Å². The van der Waals surface area contributed by atoms with Gasteiger partial charge in [-0.1, -0.05) is 22.8 Å². The third-order valence-electron chi connectivity index (χ3n) is 3.44. The smallest absolute Gasteiger partial charge is 0.305 e. The van der Waals surface area contributed by atoms with Crippen LogP contribution >= 0.6 is 11.6 Å². The van der Waals surface area contributed by atoms with Gasteiger partial charge in [-0.3, -0.25) is 9.59 Å². The minimum absolute atomic E-state index is 0.0118. The lowest BCUT2D eigenvalue weighted by Crippen LogP contribution is -2.26. The van der Waals surface area contributed by atoms with Crippen LogP contribution in [-0.4, -0.2) is 30.2 Å². The van der Waals surface area contributed by atoms with Crippen molar-refractivity contribution in [3.8, 4) is 11.3 Å². The molecule has 0 aliphatic heterocycles. The zero-order chi connectivity index (χ0) is 18.4. The molecule has 0 saturated carbocycles. The molecule has 0 aliphatic carbocycles. The van der Waals surface area contributed by atoms with E-state index in [0.717, 1.165) is 0 Å². The van der Waals surface area contributed by atoms with E-state index in [2.05, 4.69) is 10.5 Å². The predicted molar refractivity (Wildman–Crippen MR) is 89.8 cm³/mol. The van der Waals surface area contributed by atoms with E-state index in [9.17, 15) is 14.0 Å². The molecule has 6 nitrogen and oxygen atoms in total. The predicted octanol–water partition coefficient (Wildman–Crippen LogP) is 3.52. The minimum atomic E-state index is -0.600. The summed E-state index contributed by atoms with van der Waals surface area (Å²) in [4.78, 5) is 23.7. The average molecular weight is 369 g/mol. The van der Waals surface area contributed by atoms with Gasteiger partial charge in [-0.25, -0.2) is 4.39 Å². The highest BCUT2D eigenvalue weighted by Crippen LogP contribution is 2.33. The van der Waals surface area contributed by atoms with Crippen LogP contribution < -0.4 is 5.32 Å². The maximum atomic E-state index is 14.1. The van der Waals surface area contributed by atoms with Gasteiger partial charge >= 0.3 is 5.97 Å². The Balaban J connectivity index is 2.11. The molecule has 0 radical (unpaired) electrons. The number of ether oxygens (including phenoxy) is 1. The highest BCUT2D eigenvalue weighted by molar-refractivity contribution is 6.33. The summed E-state index contributed by atoms with van der Waals surface area (Å²) in [6, 6.07) is 4.19. The molecule has 1 aromatic carbocycles. The SMILES string of the molecule is CCOC(=O)CCCNC(=O)c1c(-c2c(F)cccc2Cl)noc1C. The van der Waals surface area contributed by atoms with Crippen molar-refractivity contribution in [3.63, 3.8) is 0 Å². The van der Waals surface area contributed by atoms with Crippen LogP contribution in [0.1, 0.15) is 35.9 Å². The van der Waals surface area contributed by atoms with E-state index >= 15 is 0 Å². The average Bonchev–Trinajstić information content (AvgIpc) is 2.93. The van der Waals surface area contributed by atoms with Crippen LogP contribution in [0.4, 0.5) is 4.39 Å². The molecule has 2 rings (SSSR count). The molecule has 1 amide bonds. The molecule has 1 N–H and O–H groups in total. The summed E-state index contributed by atoms with van der Waals surface area (Å²) >= 11 is 6.04. The Labute approximate surface area is 149 Å². The maximum absolute atomic E-state index is 14.1. The summed E-state index contributed by atoms with van der Waals surface area (Å²) in [7, 11) is 0. The molecule has 0 bridgehead atoms. The lowest BCUT2D eigenvalue weighted by Gasteiger charge is -2.07. The Kier molecular flexibility index (Phi) is 6.52. The van der Waals surface area contributed by atoms with E-state index in [0.29, 0.717) is 13.0 Å². The van der Waals surface area contributed by atoms with Crippen molar-refractivity contribution in [2.24, 2.45) is 0 Å². The minimum Gasteiger partial charge on any atom is -0.466 e. The fourth-order valence-corrected chi connectivity index (χ4v) is 2.54. The number of carbonyl (C=O) groups excluding carboxylic acids is 2. The topological polar surface area (TPSA) is 81.4 Å². The number of nitrogens with zero attached hydrogens (tertiary/aromatic N) is 1. The maximum Gasteiger partial charge on any atom is 0.305 e. The van der Waals surface area contributed by atoms with Gasteiger partial charge in [0.05, 0.1) is 17.2 Å². The molecule has 2 aromatic rings. The summed E-state index contributed by atoms with van der Waals surface area (Å²) in [6.07, 6.45) is 0.618. The molecular weight excluding hydrogens is 351 g/mol. The van der Waals surface area contributed by atoms with Gasteiger partial charge in [0, 0.05) is 13.0 Å². The Bertz CT molecular complexity index is 756. The first-order valence-electron chi connectivity index (χ1n) is 7.80. The summed E-state index contributed by atoms with van der Waals surface area (Å²) in [5, 5.41) is 6.56. The Morgan fingerprint density at radius 2 is 2.16 bits per heavy atom. The lowest BCUT2D eigenvalue weighted by atomic mass is 10.0. The third kappa shape index (κ3) is 4.57. The molecule has 0 atom stereocenters. The second kappa shape index (κ2) is 8.62. The first kappa shape index (κ1) is 18.9. The number of rotatable bonds is 7. The van der Waals surface area contributed by atoms with Crippen molar-refractivity contribution < 1.29 is 23.2 Å². The third-order valence-corrected chi connectivity index (χ3v) is 3.75. The molecule has 1 aromatic heterocycles. The highest BCUT2D eigenvalue weighted by Gasteiger charge is 2.25. The van der Waals surface area contributed by atoms with Gasteiger partial charge in [0.2, 0.25) is 0 Å². The van der Waals surface area contributed by atoms with Crippen LogP contribution in [0.2, 0.25) is 5.02 Å². The summed E-state index contributed by atoms with van der Waals surface area (Å²) in [5.74, 6) is -1.15. The second-order valence-electron chi connectivity index (χ2n) is 5.22. The van der Waals surface area contributed by atoms with Crippen molar-refractivity contribution >= 4 is 23.5 Å². The largest absolute Gasteiger partial charge is 0.466 e. The van der Waals surface area contributed by atoms with Gasteiger partial charge in [-0.15, -0.1) is 0 Å². The normalized spacial score (nSPS) is 10.6. The van der Waals surface area contributed by atoms with Crippen molar-refractivity contribution in [1.29, 1.82) is 0 Å². The van der Waals surface area contributed by atoms with Crippen molar-refractivity contribution in [2.75, 3.05) is 13.2 Å². The number of hydrogen-bond acceptors (Lipinski definition) is 5. The standard InChI is InChI=1S/C17H18ClFN2O4/c1-3-24-13(22)8-5-9-20-17(23)14-10(2)25-21-16(14)15-11(18)6-4-7-12(15)19/h4,6-7H,3,5,8-9H2,1-2H3,(H,20,23). The lowest BCUT2D eigenvalue weighted by molar-refractivity contribution is -0.143. The van der Waals surface area contributed by atoms with Gasteiger partial charge in [0.15, 0.2) is 0 Å². The molecule has 134 valence electrons. The van der Waals surface area contributed by atoms with E-state index in [1.165, 1.54) is 18.2 Å². The van der Waals surface area contributed by atoms with E-state index < -0.39 is 11.7 Å². The van der Waals surface area contributed by atoms with Crippen LogP contribution in [0.15, 0.2) is 22.7 Å². The quantitative estimate of drug-likeness (QED) is 0.597. The van der Waals surface area contributed by atoms with Crippen LogP contribution in [0.3, 0.4) is 0 Å². The molecule has 8 heteroatoms. The van der Waals surface area contributed by atoms with E-state index in [1.54, 1.807) is 13.8 Å². The monoisotopic (exact) mass is 368 g/mol. The first-order valence-corrected chi connectivity index (χ1v) is 8.18. The van der Waals surface area contributed by atoms with Crippen LogP contribution in [-0.2, 0) is 9.53 Å². The molecule has 25 heavy (non-hydrogen) atoms. The fraction of sp³-hybridized carbons (Fsp3) is 0.353. The number of halogens is 2. The molecule has 0 saturated heterocycles. The summed E-state index contributed by atoms with van der Waals surface area (Å²) in [5.41, 5.74) is 0.171. The zero-order valence-electron chi connectivity index (χ0n) is 13.9. The van der Waals surface area contributed by atoms with E-state index in [-0.39, 0.29) is 46.5 Å². The van der Waals surface area contributed by atoms with Gasteiger partial charge < -0.3 is 14.6 Å². The fourth-order valence-electron chi connectivity index (χ4n) is 2.29. The first-order chi connectivity index (χ1) is 12.0. The van der Waals surface area contributed by atoms with Gasteiger partial charge in [-0.05, 0) is 32.4 Å². The number of amides is 1. The van der Waals surface area contributed by atoms with Crippen LogP contribution in [0.5, 0.6) is 0 Å². The van der Waals surface area contributed by atoms with Gasteiger partial charge in [-0.2, -0.15) is 0 Å². The van der Waals surface area contributed by atoms with Crippen molar-refractivity contribution in [1.82, 2.24) is 10.5 Å². The molecular formula is C17H18ClFN2O4. The highest BCUT2D eigenvalue weighted by atomic mass is 35.5. The van der Waals surface area contributed by atoms with Gasteiger partial charge in [0.1, 0.15) is 22.8 Å². The number of esters is 1. The molecule has 0 aliphatic rings. The second-order valence-corrected chi connectivity index (χ2v) is 5.63. The number of aromatic nitrogens is 1. The number of nitrogens with one attached hydrogen (secondary N) is 1. The number of benzene rings is 1.